The number of thioether (sulfide) groups is 1. The van der Waals surface area contributed by atoms with Crippen LogP contribution >= 0.6 is 51.5 Å². The fourth-order valence-corrected chi connectivity index (χ4v) is 5.12. The van der Waals surface area contributed by atoms with Gasteiger partial charge in [-0.05, 0) is 57.9 Å². The van der Waals surface area contributed by atoms with Gasteiger partial charge in [-0.25, -0.2) is 0 Å². The van der Waals surface area contributed by atoms with Crippen LogP contribution in [0.3, 0.4) is 0 Å². The Kier molecular flexibility index (Phi) is 8.15. The Labute approximate surface area is 220 Å². The lowest BCUT2D eigenvalue weighted by atomic mass is 10.2. The Bertz CT molecular complexity index is 1170. The number of benzene rings is 2. The van der Waals surface area contributed by atoms with E-state index in [4.69, 9.17) is 38.0 Å². The van der Waals surface area contributed by atoms with Gasteiger partial charge in [-0.3, -0.25) is 14.5 Å². The highest BCUT2D eigenvalue weighted by Crippen LogP contribution is 2.38. The number of rotatable bonds is 6. The number of hydrogen-bond donors (Lipinski definition) is 0. The van der Waals surface area contributed by atoms with E-state index in [0.717, 1.165) is 10.0 Å². The summed E-state index contributed by atoms with van der Waals surface area (Å²) in [5.74, 6) is 0.562. The number of thiocarbonyl (C=S) groups is 1. The predicted molar refractivity (Wildman–Crippen MR) is 141 cm³/mol. The van der Waals surface area contributed by atoms with Crippen molar-refractivity contribution in [2.45, 2.75) is 0 Å². The number of amides is 2. The molecule has 34 heavy (non-hydrogen) atoms. The predicted octanol–water partition coefficient (Wildman–Crippen LogP) is 4.75. The van der Waals surface area contributed by atoms with Crippen LogP contribution in [0.1, 0.15) is 5.56 Å². The number of carbonyl (C=O) groups is 2. The fraction of sp³-hybridized carbons (Fsp3) is 0.261. The number of ether oxygens (including phenoxy) is 3. The Morgan fingerprint density at radius 1 is 1.24 bits per heavy atom. The first-order valence-corrected chi connectivity index (χ1v) is 12.7. The summed E-state index contributed by atoms with van der Waals surface area (Å²) in [4.78, 5) is 29.0. The van der Waals surface area contributed by atoms with Gasteiger partial charge in [0.25, 0.3) is 11.8 Å². The third-order valence-electron chi connectivity index (χ3n) is 5.16. The zero-order chi connectivity index (χ0) is 24.2. The van der Waals surface area contributed by atoms with Crippen molar-refractivity contribution >= 4 is 79.4 Å². The van der Waals surface area contributed by atoms with Crippen LogP contribution in [0.15, 0.2) is 45.8 Å². The lowest BCUT2D eigenvalue weighted by Gasteiger charge is -2.26. The quantitative estimate of drug-likeness (QED) is 0.359. The first-order chi connectivity index (χ1) is 16.4. The normalized spacial score (nSPS) is 17.4. The van der Waals surface area contributed by atoms with Crippen molar-refractivity contribution in [1.82, 2.24) is 4.90 Å². The molecule has 0 atom stereocenters. The third kappa shape index (κ3) is 5.58. The van der Waals surface area contributed by atoms with E-state index in [-0.39, 0.29) is 18.4 Å². The molecule has 0 saturated carbocycles. The van der Waals surface area contributed by atoms with E-state index >= 15 is 0 Å². The SMILES string of the molecule is COc1cc(/C=C2\SC(=S)N(c3ccc(Br)c(Cl)c3)C2=O)ccc1OCC(=O)N1CCOCC1. The highest BCUT2D eigenvalue weighted by molar-refractivity contribution is 9.10. The molecule has 2 fully saturated rings. The molecule has 11 heteroatoms. The van der Waals surface area contributed by atoms with Crippen LogP contribution in [0.4, 0.5) is 5.69 Å². The summed E-state index contributed by atoms with van der Waals surface area (Å²) in [6, 6.07) is 10.5. The maximum atomic E-state index is 13.1. The third-order valence-corrected chi connectivity index (χ3v) is 7.69. The molecule has 0 radical (unpaired) electrons. The maximum absolute atomic E-state index is 13.1. The number of methoxy groups -OCH3 is 1. The van der Waals surface area contributed by atoms with Crippen molar-refractivity contribution in [3.8, 4) is 11.5 Å². The maximum Gasteiger partial charge on any atom is 0.270 e. The van der Waals surface area contributed by atoms with Crippen LogP contribution in [0.2, 0.25) is 5.02 Å². The minimum Gasteiger partial charge on any atom is -0.493 e. The van der Waals surface area contributed by atoms with Crippen LogP contribution in [-0.2, 0) is 14.3 Å². The lowest BCUT2D eigenvalue weighted by molar-refractivity contribution is -0.137. The molecule has 2 aliphatic rings. The number of morpholine rings is 1. The van der Waals surface area contributed by atoms with Gasteiger partial charge in [-0.2, -0.15) is 0 Å². The summed E-state index contributed by atoms with van der Waals surface area (Å²) in [7, 11) is 1.52. The molecule has 7 nitrogen and oxygen atoms in total. The Balaban J connectivity index is 1.48. The van der Waals surface area contributed by atoms with Crippen molar-refractivity contribution in [2.24, 2.45) is 0 Å². The van der Waals surface area contributed by atoms with Gasteiger partial charge < -0.3 is 19.1 Å². The van der Waals surface area contributed by atoms with E-state index in [0.29, 0.717) is 57.7 Å². The molecule has 4 rings (SSSR count). The molecule has 2 aliphatic heterocycles. The lowest BCUT2D eigenvalue weighted by Crippen LogP contribution is -2.43. The molecule has 0 aromatic heterocycles. The number of nitrogens with zero attached hydrogens (tertiary/aromatic N) is 2. The standard InChI is InChI=1S/C23H20BrClN2O5S2/c1-30-19-10-14(2-5-18(19)32-13-21(28)26-6-8-31-9-7-26)11-20-22(29)27(23(33)34-20)15-3-4-16(24)17(25)12-15/h2-5,10-12H,6-9,13H2,1H3/b20-11-. The second-order valence-electron chi connectivity index (χ2n) is 7.31. The fourth-order valence-electron chi connectivity index (χ4n) is 3.40. The Morgan fingerprint density at radius 2 is 2.00 bits per heavy atom. The summed E-state index contributed by atoms with van der Waals surface area (Å²) in [5.41, 5.74) is 1.34. The highest BCUT2D eigenvalue weighted by atomic mass is 79.9. The van der Waals surface area contributed by atoms with Gasteiger partial charge in [-0.15, -0.1) is 0 Å². The molecular formula is C23H20BrClN2O5S2. The number of halogens is 2. The Hall–Kier alpha value is -2.11. The highest BCUT2D eigenvalue weighted by Gasteiger charge is 2.33. The molecule has 2 heterocycles. The average molecular weight is 584 g/mol. The van der Waals surface area contributed by atoms with Crippen LogP contribution < -0.4 is 14.4 Å². The van der Waals surface area contributed by atoms with E-state index in [9.17, 15) is 9.59 Å². The van der Waals surface area contributed by atoms with Crippen molar-refractivity contribution < 1.29 is 23.8 Å². The summed E-state index contributed by atoms with van der Waals surface area (Å²) >= 11 is 16.2. The van der Waals surface area contributed by atoms with Crippen molar-refractivity contribution in [2.75, 3.05) is 44.9 Å². The zero-order valence-corrected chi connectivity index (χ0v) is 22.1. The van der Waals surface area contributed by atoms with E-state index < -0.39 is 0 Å². The van der Waals surface area contributed by atoms with Gasteiger partial charge in [0, 0.05) is 17.6 Å². The zero-order valence-electron chi connectivity index (χ0n) is 18.1. The molecule has 2 aromatic carbocycles. The van der Waals surface area contributed by atoms with Crippen molar-refractivity contribution in [1.29, 1.82) is 0 Å². The van der Waals surface area contributed by atoms with Crippen LogP contribution in [0.25, 0.3) is 6.08 Å². The summed E-state index contributed by atoms with van der Waals surface area (Å²) in [6.45, 7) is 2.09. The summed E-state index contributed by atoms with van der Waals surface area (Å²) < 4.78 is 17.6. The van der Waals surface area contributed by atoms with Crippen molar-refractivity contribution in [3.05, 3.63) is 56.4 Å². The van der Waals surface area contributed by atoms with E-state index in [2.05, 4.69) is 15.9 Å². The molecular weight excluding hydrogens is 564 g/mol. The van der Waals surface area contributed by atoms with Gasteiger partial charge in [-0.1, -0.05) is 41.6 Å². The second kappa shape index (κ2) is 11.1. The smallest absolute Gasteiger partial charge is 0.270 e. The van der Waals surface area contributed by atoms with Crippen LogP contribution in [-0.4, -0.2) is 61.1 Å². The van der Waals surface area contributed by atoms with E-state index in [1.165, 1.54) is 23.8 Å². The number of hydrogen-bond acceptors (Lipinski definition) is 7. The minimum absolute atomic E-state index is 0.0931. The molecule has 0 spiro atoms. The molecule has 178 valence electrons. The van der Waals surface area contributed by atoms with E-state index in [1.807, 2.05) is 0 Å². The van der Waals surface area contributed by atoms with E-state index in [1.54, 1.807) is 47.4 Å². The molecule has 0 unspecified atom stereocenters. The van der Waals surface area contributed by atoms with Crippen LogP contribution in [0, 0.1) is 0 Å². The summed E-state index contributed by atoms with van der Waals surface area (Å²) in [5, 5.41) is 0.489. The average Bonchev–Trinajstić information content (AvgIpc) is 3.12. The largest absolute Gasteiger partial charge is 0.493 e. The van der Waals surface area contributed by atoms with Gasteiger partial charge in [0.1, 0.15) is 0 Å². The summed E-state index contributed by atoms with van der Waals surface area (Å²) in [6.07, 6.45) is 1.74. The first kappa shape index (κ1) is 25.0. The van der Waals surface area contributed by atoms with Gasteiger partial charge in [0.05, 0.1) is 35.9 Å². The monoisotopic (exact) mass is 582 g/mol. The first-order valence-electron chi connectivity index (χ1n) is 10.3. The molecule has 0 N–H and O–H groups in total. The number of carbonyl (C=O) groups excluding carboxylic acids is 2. The molecule has 2 saturated heterocycles. The second-order valence-corrected chi connectivity index (χ2v) is 10.2. The van der Waals surface area contributed by atoms with Crippen molar-refractivity contribution in [3.63, 3.8) is 0 Å². The number of anilines is 1. The molecule has 2 amide bonds. The molecule has 2 aromatic rings. The molecule has 0 bridgehead atoms. The van der Waals surface area contributed by atoms with Gasteiger partial charge >= 0.3 is 0 Å². The minimum atomic E-state index is -0.233. The Morgan fingerprint density at radius 3 is 2.71 bits per heavy atom. The topological polar surface area (TPSA) is 68.3 Å². The van der Waals surface area contributed by atoms with Crippen LogP contribution in [0.5, 0.6) is 11.5 Å². The van der Waals surface area contributed by atoms with Gasteiger partial charge in [0.2, 0.25) is 0 Å². The van der Waals surface area contributed by atoms with Gasteiger partial charge in [0.15, 0.2) is 22.4 Å². The molecule has 0 aliphatic carbocycles.